The van der Waals surface area contributed by atoms with Crippen molar-refractivity contribution in [2.75, 3.05) is 6.54 Å². The summed E-state index contributed by atoms with van der Waals surface area (Å²) >= 11 is 0. The van der Waals surface area contributed by atoms with Crippen molar-refractivity contribution in [2.45, 2.75) is 19.5 Å². The minimum Gasteiger partial charge on any atom is -0.478 e. The Morgan fingerprint density at radius 1 is 1.10 bits per heavy atom. The molecule has 29 heavy (non-hydrogen) atoms. The van der Waals surface area contributed by atoms with E-state index in [9.17, 15) is 4.79 Å². The number of fused-ring (bicyclic) bond motifs is 2. The summed E-state index contributed by atoms with van der Waals surface area (Å²) in [5.41, 5.74) is 5.71. The van der Waals surface area contributed by atoms with Crippen LogP contribution in [0.3, 0.4) is 0 Å². The second-order valence-electron chi connectivity index (χ2n) is 7.34. The van der Waals surface area contributed by atoms with Gasteiger partial charge in [0.2, 0.25) is 0 Å². The zero-order valence-electron chi connectivity index (χ0n) is 15.8. The Balaban J connectivity index is 1.36. The lowest BCUT2D eigenvalue weighted by atomic mass is 10.1. The van der Waals surface area contributed by atoms with Gasteiger partial charge in [-0.25, -0.2) is 9.78 Å². The summed E-state index contributed by atoms with van der Waals surface area (Å²) in [6, 6.07) is 17.2. The first-order valence-corrected chi connectivity index (χ1v) is 9.64. The maximum atomic E-state index is 11.0. The number of aromatic carboxylic acids is 1. The van der Waals surface area contributed by atoms with Gasteiger partial charge in [0.05, 0.1) is 22.5 Å². The molecule has 6 heteroatoms. The van der Waals surface area contributed by atoms with Gasteiger partial charge in [-0.15, -0.1) is 0 Å². The fraction of sp³-hybridized carbons (Fsp3) is 0.174. The topological polar surface area (TPSA) is 82.1 Å². The molecule has 1 aliphatic rings. The number of imidazole rings is 1. The lowest BCUT2D eigenvalue weighted by Crippen LogP contribution is -2.30. The molecular formula is C23H20N4O2. The summed E-state index contributed by atoms with van der Waals surface area (Å²) in [5.74, 6) is -0.127. The molecule has 0 atom stereocenters. The number of para-hydroxylation sites is 1. The normalized spacial score (nSPS) is 14.1. The van der Waals surface area contributed by atoms with E-state index in [2.05, 4.69) is 33.1 Å². The molecule has 0 saturated heterocycles. The van der Waals surface area contributed by atoms with E-state index < -0.39 is 5.97 Å². The number of aromatic amines is 1. The van der Waals surface area contributed by atoms with Gasteiger partial charge in [-0.2, -0.15) is 0 Å². The summed E-state index contributed by atoms with van der Waals surface area (Å²) in [7, 11) is 0. The van der Waals surface area contributed by atoms with Crippen molar-refractivity contribution in [2.24, 2.45) is 0 Å². The molecule has 2 N–H and O–H groups in total. The van der Waals surface area contributed by atoms with Gasteiger partial charge >= 0.3 is 5.97 Å². The average molecular weight is 384 g/mol. The van der Waals surface area contributed by atoms with Crippen LogP contribution in [0.5, 0.6) is 0 Å². The quantitative estimate of drug-likeness (QED) is 0.558. The van der Waals surface area contributed by atoms with Gasteiger partial charge in [-0.1, -0.05) is 30.3 Å². The molecule has 2 aromatic heterocycles. The lowest BCUT2D eigenvalue weighted by Gasteiger charge is -2.26. The Morgan fingerprint density at radius 3 is 2.76 bits per heavy atom. The highest BCUT2D eigenvalue weighted by Crippen LogP contribution is 2.25. The van der Waals surface area contributed by atoms with Gasteiger partial charge in [0.15, 0.2) is 0 Å². The second kappa shape index (κ2) is 7.14. The second-order valence-corrected chi connectivity index (χ2v) is 7.34. The minimum atomic E-state index is -0.922. The highest BCUT2D eigenvalue weighted by Gasteiger charge is 2.21. The van der Waals surface area contributed by atoms with Crippen molar-refractivity contribution in [1.82, 2.24) is 19.9 Å². The third-order valence-electron chi connectivity index (χ3n) is 5.45. The standard InChI is InChI=1S/C23H20N4O2/c28-23(29)16-7-5-15(6-8-16)22-25-20-10-12-27(14-21(20)26-22)13-17-9-11-24-19-4-2-1-3-18(17)19/h1-9,11H,10,12-14H2,(H,25,26)(H,28,29). The first-order valence-electron chi connectivity index (χ1n) is 9.64. The van der Waals surface area contributed by atoms with Crippen LogP contribution in [-0.2, 0) is 19.5 Å². The summed E-state index contributed by atoms with van der Waals surface area (Å²) < 4.78 is 0. The molecule has 3 heterocycles. The molecule has 144 valence electrons. The van der Waals surface area contributed by atoms with Crippen molar-refractivity contribution in [1.29, 1.82) is 0 Å². The Bertz CT molecular complexity index is 1190. The monoisotopic (exact) mass is 384 g/mol. The van der Waals surface area contributed by atoms with Crippen LogP contribution >= 0.6 is 0 Å². The molecule has 0 fully saturated rings. The van der Waals surface area contributed by atoms with Crippen LogP contribution in [0, 0.1) is 0 Å². The number of carboxylic acids is 1. The number of H-pyrrole nitrogens is 1. The van der Waals surface area contributed by atoms with E-state index in [1.807, 2.05) is 18.3 Å². The number of hydrogen-bond acceptors (Lipinski definition) is 4. The number of pyridine rings is 1. The highest BCUT2D eigenvalue weighted by atomic mass is 16.4. The third kappa shape index (κ3) is 3.39. The number of benzene rings is 2. The fourth-order valence-electron chi connectivity index (χ4n) is 3.93. The molecule has 0 saturated carbocycles. The van der Waals surface area contributed by atoms with E-state index in [4.69, 9.17) is 10.1 Å². The summed E-state index contributed by atoms with van der Waals surface area (Å²) in [6.45, 7) is 2.63. The van der Waals surface area contributed by atoms with Crippen molar-refractivity contribution in [3.8, 4) is 11.4 Å². The zero-order chi connectivity index (χ0) is 19.8. The molecule has 4 aromatic rings. The van der Waals surface area contributed by atoms with Gasteiger partial charge in [0.25, 0.3) is 0 Å². The van der Waals surface area contributed by atoms with Crippen LogP contribution in [0.15, 0.2) is 60.8 Å². The van der Waals surface area contributed by atoms with Crippen LogP contribution in [0.25, 0.3) is 22.3 Å². The predicted molar refractivity (Wildman–Crippen MR) is 111 cm³/mol. The van der Waals surface area contributed by atoms with Gasteiger partial charge in [-0.3, -0.25) is 9.88 Å². The molecule has 0 aliphatic carbocycles. The predicted octanol–water partition coefficient (Wildman–Crippen LogP) is 3.88. The summed E-state index contributed by atoms with van der Waals surface area (Å²) in [6.07, 6.45) is 2.77. The smallest absolute Gasteiger partial charge is 0.335 e. The number of hydrogen-bond donors (Lipinski definition) is 2. The lowest BCUT2D eigenvalue weighted by molar-refractivity contribution is 0.0697. The largest absolute Gasteiger partial charge is 0.478 e. The summed E-state index contributed by atoms with van der Waals surface area (Å²) in [5, 5.41) is 10.3. The molecule has 5 rings (SSSR count). The molecule has 0 unspecified atom stereocenters. The van der Waals surface area contributed by atoms with Crippen LogP contribution in [-0.4, -0.2) is 37.5 Å². The van der Waals surface area contributed by atoms with E-state index in [-0.39, 0.29) is 5.56 Å². The molecule has 0 radical (unpaired) electrons. The number of aromatic nitrogens is 3. The van der Waals surface area contributed by atoms with Gasteiger partial charge < -0.3 is 10.1 Å². The molecule has 0 amide bonds. The van der Waals surface area contributed by atoms with Crippen LogP contribution in [0.1, 0.15) is 27.3 Å². The Morgan fingerprint density at radius 2 is 1.93 bits per heavy atom. The SMILES string of the molecule is O=C(O)c1ccc(-c2nc3c([nH]2)CN(Cc2ccnc4ccccc24)CC3)cc1. The minimum absolute atomic E-state index is 0.279. The van der Waals surface area contributed by atoms with E-state index >= 15 is 0 Å². The zero-order valence-corrected chi connectivity index (χ0v) is 15.8. The first-order chi connectivity index (χ1) is 14.2. The molecule has 0 spiro atoms. The Hall–Kier alpha value is -3.51. The van der Waals surface area contributed by atoms with Crippen molar-refractivity contribution >= 4 is 16.9 Å². The Kier molecular flexibility index (Phi) is 4.33. The van der Waals surface area contributed by atoms with Crippen molar-refractivity contribution < 1.29 is 9.90 Å². The maximum Gasteiger partial charge on any atom is 0.335 e. The average Bonchev–Trinajstić information content (AvgIpc) is 3.17. The Labute approximate surface area is 167 Å². The number of nitrogens with one attached hydrogen (secondary N) is 1. The maximum absolute atomic E-state index is 11.0. The number of rotatable bonds is 4. The van der Waals surface area contributed by atoms with Gasteiger partial charge in [0, 0.05) is 43.2 Å². The summed E-state index contributed by atoms with van der Waals surface area (Å²) in [4.78, 5) is 26.1. The molecule has 2 aromatic carbocycles. The van der Waals surface area contributed by atoms with Crippen molar-refractivity contribution in [3.05, 3.63) is 83.3 Å². The van der Waals surface area contributed by atoms with E-state index in [1.54, 1.807) is 24.3 Å². The van der Waals surface area contributed by atoms with Crippen molar-refractivity contribution in [3.63, 3.8) is 0 Å². The first kappa shape index (κ1) is 17.6. The molecular weight excluding hydrogens is 364 g/mol. The van der Waals surface area contributed by atoms with Crippen LogP contribution in [0.2, 0.25) is 0 Å². The van der Waals surface area contributed by atoms with E-state index in [0.717, 1.165) is 54.3 Å². The fourth-order valence-corrected chi connectivity index (χ4v) is 3.93. The van der Waals surface area contributed by atoms with E-state index in [1.165, 1.54) is 10.9 Å². The third-order valence-corrected chi connectivity index (χ3v) is 5.45. The van der Waals surface area contributed by atoms with E-state index in [0.29, 0.717) is 0 Å². The highest BCUT2D eigenvalue weighted by molar-refractivity contribution is 5.88. The van der Waals surface area contributed by atoms with Crippen LogP contribution < -0.4 is 0 Å². The molecule has 1 aliphatic heterocycles. The number of nitrogens with zero attached hydrogens (tertiary/aromatic N) is 3. The molecule has 0 bridgehead atoms. The van der Waals surface area contributed by atoms with Gasteiger partial charge in [0.1, 0.15) is 5.82 Å². The molecule has 6 nitrogen and oxygen atoms in total. The van der Waals surface area contributed by atoms with Gasteiger partial charge in [-0.05, 0) is 29.8 Å². The number of carbonyl (C=O) groups is 1. The number of carboxylic acid groups (broad SMARTS) is 1. The van der Waals surface area contributed by atoms with Crippen LogP contribution in [0.4, 0.5) is 0 Å².